The van der Waals surface area contributed by atoms with E-state index in [0.717, 1.165) is 25.1 Å². The van der Waals surface area contributed by atoms with Crippen LogP contribution in [0.15, 0.2) is 42.6 Å². The molecule has 2 heterocycles. The number of halogens is 1. The molecule has 2 aromatic rings. The zero-order chi connectivity index (χ0) is 16.9. The Balaban J connectivity index is 1.55. The van der Waals surface area contributed by atoms with Gasteiger partial charge < -0.3 is 15.3 Å². The normalized spacial score (nSPS) is 17.4. The summed E-state index contributed by atoms with van der Waals surface area (Å²) in [5.74, 6) is 0.158. The van der Waals surface area contributed by atoms with Gasteiger partial charge in [-0.3, -0.25) is 5.32 Å². The molecule has 1 aromatic heterocycles. The van der Waals surface area contributed by atoms with Gasteiger partial charge in [0.25, 0.3) is 0 Å². The van der Waals surface area contributed by atoms with Crippen LogP contribution in [0.2, 0.25) is 0 Å². The average molecular weight is 330 g/mol. The van der Waals surface area contributed by atoms with Crippen LogP contribution in [0.25, 0.3) is 0 Å². The first-order chi connectivity index (χ1) is 11.6. The number of urea groups is 1. The highest BCUT2D eigenvalue weighted by Gasteiger charge is 2.21. The highest BCUT2D eigenvalue weighted by atomic mass is 19.1. The minimum atomic E-state index is -0.334. The number of aromatic nitrogens is 1. The maximum absolute atomic E-state index is 13.0. The van der Waals surface area contributed by atoms with E-state index >= 15 is 0 Å². The van der Waals surface area contributed by atoms with E-state index < -0.39 is 0 Å². The van der Waals surface area contributed by atoms with E-state index in [-0.39, 0.29) is 23.6 Å². The van der Waals surface area contributed by atoms with Crippen molar-refractivity contribution in [2.24, 2.45) is 0 Å². The maximum Gasteiger partial charge on any atom is 0.320 e. The Morgan fingerprint density at radius 2 is 2.04 bits per heavy atom. The van der Waals surface area contributed by atoms with Crippen molar-refractivity contribution in [3.8, 4) is 5.75 Å². The minimum Gasteiger partial charge on any atom is -0.506 e. The van der Waals surface area contributed by atoms with Gasteiger partial charge in [-0.15, -0.1) is 0 Å². The summed E-state index contributed by atoms with van der Waals surface area (Å²) in [4.78, 5) is 18.1. The van der Waals surface area contributed by atoms with Crippen molar-refractivity contribution >= 4 is 17.5 Å². The summed E-state index contributed by atoms with van der Waals surface area (Å²) in [5.41, 5.74) is 0.948. The van der Waals surface area contributed by atoms with Crippen molar-refractivity contribution in [3.63, 3.8) is 0 Å². The fourth-order valence-electron chi connectivity index (χ4n) is 2.78. The van der Waals surface area contributed by atoms with Gasteiger partial charge in [-0.1, -0.05) is 0 Å². The van der Waals surface area contributed by atoms with E-state index in [2.05, 4.69) is 20.5 Å². The number of amides is 2. The first-order valence-corrected chi connectivity index (χ1v) is 7.83. The number of aromatic hydroxyl groups is 1. The van der Waals surface area contributed by atoms with Gasteiger partial charge in [0.05, 0.1) is 6.20 Å². The molecule has 7 heteroatoms. The third-order valence-electron chi connectivity index (χ3n) is 3.94. The van der Waals surface area contributed by atoms with Crippen LogP contribution in [0, 0.1) is 5.82 Å². The topological polar surface area (TPSA) is 77.5 Å². The molecule has 1 aliphatic rings. The number of anilines is 2. The number of benzene rings is 1. The Labute approximate surface area is 139 Å². The summed E-state index contributed by atoms with van der Waals surface area (Å²) in [6, 6.07) is 9.03. The number of nitrogens with zero attached hydrogens (tertiary/aromatic N) is 2. The Bertz CT molecular complexity index is 691. The Hall–Kier alpha value is -2.83. The van der Waals surface area contributed by atoms with Crippen LogP contribution >= 0.6 is 0 Å². The first-order valence-electron chi connectivity index (χ1n) is 7.83. The molecule has 6 nitrogen and oxygen atoms in total. The van der Waals surface area contributed by atoms with Crippen molar-refractivity contribution in [1.82, 2.24) is 10.3 Å². The van der Waals surface area contributed by atoms with E-state index in [9.17, 15) is 14.3 Å². The summed E-state index contributed by atoms with van der Waals surface area (Å²) in [7, 11) is 0. The second-order valence-electron chi connectivity index (χ2n) is 5.76. The van der Waals surface area contributed by atoms with Crippen molar-refractivity contribution in [2.75, 3.05) is 23.3 Å². The molecule has 1 saturated heterocycles. The standard InChI is InChI=1S/C17H19FN4O2/c18-12-3-5-14(6-4-12)22-9-1-2-13(11-22)20-17(24)21-16-8-7-15(23)10-19-16/h3-8,10,13,23H,1-2,9,11H2,(H2,19,20,21,24)/t13-/m0/s1. The lowest BCUT2D eigenvalue weighted by molar-refractivity contribution is 0.246. The van der Waals surface area contributed by atoms with Crippen LogP contribution in [0.4, 0.5) is 20.7 Å². The molecule has 0 spiro atoms. The molecular weight excluding hydrogens is 311 g/mol. The lowest BCUT2D eigenvalue weighted by atomic mass is 10.1. The third kappa shape index (κ3) is 4.13. The second kappa shape index (κ2) is 7.16. The molecule has 126 valence electrons. The Morgan fingerprint density at radius 1 is 1.25 bits per heavy atom. The number of piperidine rings is 1. The molecule has 0 aliphatic carbocycles. The van der Waals surface area contributed by atoms with E-state index in [1.165, 1.54) is 30.5 Å². The monoisotopic (exact) mass is 330 g/mol. The Kier molecular flexibility index (Phi) is 4.79. The van der Waals surface area contributed by atoms with Gasteiger partial charge in [-0.25, -0.2) is 14.2 Å². The summed E-state index contributed by atoms with van der Waals surface area (Å²) >= 11 is 0. The highest BCUT2D eigenvalue weighted by Crippen LogP contribution is 2.20. The van der Waals surface area contributed by atoms with Gasteiger partial charge in [0, 0.05) is 24.8 Å². The van der Waals surface area contributed by atoms with Crippen LogP contribution < -0.4 is 15.5 Å². The van der Waals surface area contributed by atoms with E-state index in [1.54, 1.807) is 12.1 Å². The van der Waals surface area contributed by atoms with E-state index in [4.69, 9.17) is 0 Å². The van der Waals surface area contributed by atoms with E-state index in [0.29, 0.717) is 12.4 Å². The number of pyridine rings is 1. The largest absolute Gasteiger partial charge is 0.506 e. The SMILES string of the molecule is O=C(Nc1ccc(O)cn1)N[C@H]1CCCN(c2ccc(F)cc2)C1. The summed E-state index contributed by atoms with van der Waals surface area (Å²) in [5, 5.41) is 14.7. The molecule has 1 atom stereocenters. The minimum absolute atomic E-state index is 0.000850. The van der Waals surface area contributed by atoms with Crippen LogP contribution in [-0.4, -0.2) is 35.3 Å². The highest BCUT2D eigenvalue weighted by molar-refractivity contribution is 5.88. The molecule has 2 amide bonds. The van der Waals surface area contributed by atoms with Crippen molar-refractivity contribution in [2.45, 2.75) is 18.9 Å². The van der Waals surface area contributed by atoms with Crippen LogP contribution in [0.3, 0.4) is 0 Å². The van der Waals surface area contributed by atoms with Gasteiger partial charge in [-0.2, -0.15) is 0 Å². The molecule has 0 bridgehead atoms. The summed E-state index contributed by atoms with van der Waals surface area (Å²) in [6.07, 6.45) is 3.10. The number of hydrogen-bond donors (Lipinski definition) is 3. The molecular formula is C17H19FN4O2. The fourth-order valence-corrected chi connectivity index (χ4v) is 2.78. The second-order valence-corrected chi connectivity index (χ2v) is 5.76. The van der Waals surface area contributed by atoms with Crippen molar-refractivity contribution in [1.29, 1.82) is 0 Å². The number of hydrogen-bond acceptors (Lipinski definition) is 4. The molecule has 1 aromatic carbocycles. The van der Waals surface area contributed by atoms with Crippen molar-refractivity contribution in [3.05, 3.63) is 48.4 Å². The number of nitrogens with one attached hydrogen (secondary N) is 2. The fraction of sp³-hybridized carbons (Fsp3) is 0.294. The van der Waals surface area contributed by atoms with Crippen LogP contribution in [0.1, 0.15) is 12.8 Å². The molecule has 0 saturated carbocycles. The average Bonchev–Trinajstić information content (AvgIpc) is 2.58. The lowest BCUT2D eigenvalue weighted by Gasteiger charge is -2.34. The van der Waals surface area contributed by atoms with Crippen LogP contribution in [-0.2, 0) is 0 Å². The molecule has 0 radical (unpaired) electrons. The molecule has 0 unspecified atom stereocenters. The number of carbonyl (C=O) groups excluding carboxylic acids is 1. The lowest BCUT2D eigenvalue weighted by Crippen LogP contribution is -2.49. The van der Waals surface area contributed by atoms with Crippen LogP contribution in [0.5, 0.6) is 5.75 Å². The zero-order valence-electron chi connectivity index (χ0n) is 13.1. The molecule has 1 aliphatic heterocycles. The molecule has 24 heavy (non-hydrogen) atoms. The zero-order valence-corrected chi connectivity index (χ0v) is 13.1. The predicted octanol–water partition coefficient (Wildman–Crippen LogP) is 2.72. The molecule has 3 rings (SSSR count). The van der Waals surface area contributed by atoms with Gasteiger partial charge in [0.1, 0.15) is 17.4 Å². The van der Waals surface area contributed by atoms with Gasteiger partial charge in [0.15, 0.2) is 0 Å². The summed E-state index contributed by atoms with van der Waals surface area (Å²) < 4.78 is 13.0. The predicted molar refractivity (Wildman–Crippen MR) is 89.7 cm³/mol. The number of rotatable bonds is 3. The summed E-state index contributed by atoms with van der Waals surface area (Å²) in [6.45, 7) is 1.55. The molecule has 1 fully saturated rings. The first kappa shape index (κ1) is 16.0. The molecule has 3 N–H and O–H groups in total. The van der Waals surface area contributed by atoms with Gasteiger partial charge in [-0.05, 0) is 49.2 Å². The van der Waals surface area contributed by atoms with E-state index in [1.807, 2.05) is 0 Å². The Morgan fingerprint density at radius 3 is 2.75 bits per heavy atom. The van der Waals surface area contributed by atoms with Gasteiger partial charge in [0.2, 0.25) is 0 Å². The quantitative estimate of drug-likeness (QED) is 0.809. The number of carbonyl (C=O) groups is 1. The van der Waals surface area contributed by atoms with Gasteiger partial charge >= 0.3 is 6.03 Å². The van der Waals surface area contributed by atoms with Crippen molar-refractivity contribution < 1.29 is 14.3 Å². The third-order valence-corrected chi connectivity index (χ3v) is 3.94. The maximum atomic E-state index is 13.0. The smallest absolute Gasteiger partial charge is 0.320 e.